The number of urea groups is 1. The normalized spacial score (nSPS) is 11.8. The SMILES string of the molecule is CC(=O)c1ccc(NC(=O)N[C@H](Cc2ccc(O)cc2)c2nc3ccccc3[nH]2)cc1. The third-order valence-corrected chi connectivity index (χ3v) is 4.97. The molecule has 1 atom stereocenters. The molecule has 0 aliphatic rings. The topological polar surface area (TPSA) is 107 Å². The Bertz CT molecular complexity index is 1180. The number of hydrogen-bond donors (Lipinski definition) is 4. The van der Waals surface area contributed by atoms with Crippen LogP contribution in [0.25, 0.3) is 11.0 Å². The fraction of sp³-hybridized carbons (Fsp3) is 0.125. The predicted octanol–water partition coefficient (Wildman–Crippen LogP) is 4.58. The number of phenols is 1. The fourth-order valence-electron chi connectivity index (χ4n) is 3.34. The Morgan fingerprint density at radius 1 is 1.00 bits per heavy atom. The van der Waals surface area contributed by atoms with Crippen LogP contribution in [-0.2, 0) is 6.42 Å². The van der Waals surface area contributed by atoms with Gasteiger partial charge in [-0.1, -0.05) is 24.3 Å². The van der Waals surface area contributed by atoms with Crippen LogP contribution < -0.4 is 10.6 Å². The number of phenolic OH excluding ortho intramolecular Hbond substituents is 1. The van der Waals surface area contributed by atoms with Crippen LogP contribution >= 0.6 is 0 Å². The highest BCUT2D eigenvalue weighted by Crippen LogP contribution is 2.21. The molecule has 156 valence electrons. The summed E-state index contributed by atoms with van der Waals surface area (Å²) in [7, 11) is 0. The van der Waals surface area contributed by atoms with Crippen molar-refractivity contribution in [3.8, 4) is 5.75 Å². The van der Waals surface area contributed by atoms with Gasteiger partial charge in [-0.2, -0.15) is 0 Å². The van der Waals surface area contributed by atoms with Crippen molar-refractivity contribution in [2.24, 2.45) is 0 Å². The molecular weight excluding hydrogens is 392 g/mol. The molecule has 1 heterocycles. The lowest BCUT2D eigenvalue weighted by Crippen LogP contribution is -2.34. The molecule has 3 aromatic carbocycles. The van der Waals surface area contributed by atoms with Crippen LogP contribution in [0.2, 0.25) is 0 Å². The third-order valence-electron chi connectivity index (χ3n) is 4.97. The number of nitrogens with zero attached hydrogens (tertiary/aromatic N) is 1. The van der Waals surface area contributed by atoms with Gasteiger partial charge in [0.15, 0.2) is 5.78 Å². The first-order chi connectivity index (χ1) is 15.0. The van der Waals surface area contributed by atoms with Crippen LogP contribution in [-0.4, -0.2) is 26.9 Å². The van der Waals surface area contributed by atoms with Gasteiger partial charge in [0.05, 0.1) is 17.1 Å². The van der Waals surface area contributed by atoms with Crippen molar-refractivity contribution in [3.63, 3.8) is 0 Å². The van der Waals surface area contributed by atoms with E-state index in [0.29, 0.717) is 23.5 Å². The van der Waals surface area contributed by atoms with Gasteiger partial charge in [0.25, 0.3) is 0 Å². The third kappa shape index (κ3) is 4.90. The summed E-state index contributed by atoms with van der Waals surface area (Å²) in [6, 6.07) is 20.4. The number of rotatable bonds is 6. The molecule has 4 N–H and O–H groups in total. The van der Waals surface area contributed by atoms with Crippen molar-refractivity contribution in [1.82, 2.24) is 15.3 Å². The number of fused-ring (bicyclic) bond motifs is 1. The quantitative estimate of drug-likeness (QED) is 0.347. The summed E-state index contributed by atoms with van der Waals surface area (Å²) in [5.74, 6) is 0.787. The summed E-state index contributed by atoms with van der Waals surface area (Å²) in [6.07, 6.45) is 0.483. The molecule has 1 aromatic heterocycles. The lowest BCUT2D eigenvalue weighted by molar-refractivity contribution is 0.101. The first-order valence-corrected chi connectivity index (χ1v) is 9.89. The van der Waals surface area contributed by atoms with E-state index < -0.39 is 6.04 Å². The van der Waals surface area contributed by atoms with Crippen molar-refractivity contribution < 1.29 is 14.7 Å². The molecule has 4 rings (SSSR count). The molecule has 0 saturated heterocycles. The van der Waals surface area contributed by atoms with Gasteiger partial charge in [-0.3, -0.25) is 4.79 Å². The van der Waals surface area contributed by atoms with Crippen LogP contribution in [0.15, 0.2) is 72.8 Å². The van der Waals surface area contributed by atoms with Crippen molar-refractivity contribution in [2.75, 3.05) is 5.32 Å². The molecule has 7 nitrogen and oxygen atoms in total. The Morgan fingerprint density at radius 3 is 2.39 bits per heavy atom. The highest BCUT2D eigenvalue weighted by atomic mass is 16.3. The maximum Gasteiger partial charge on any atom is 0.319 e. The van der Waals surface area contributed by atoms with Crippen molar-refractivity contribution in [3.05, 3.63) is 89.7 Å². The van der Waals surface area contributed by atoms with Gasteiger partial charge in [0.2, 0.25) is 0 Å². The van der Waals surface area contributed by atoms with Gasteiger partial charge >= 0.3 is 6.03 Å². The second-order valence-electron chi connectivity index (χ2n) is 7.29. The van der Waals surface area contributed by atoms with E-state index in [1.54, 1.807) is 36.4 Å². The Labute approximate surface area is 179 Å². The second-order valence-corrected chi connectivity index (χ2v) is 7.29. The highest BCUT2D eigenvalue weighted by Gasteiger charge is 2.19. The summed E-state index contributed by atoms with van der Waals surface area (Å²) < 4.78 is 0. The first-order valence-electron chi connectivity index (χ1n) is 9.89. The van der Waals surface area contributed by atoms with Gasteiger partial charge < -0.3 is 20.7 Å². The van der Waals surface area contributed by atoms with E-state index in [9.17, 15) is 14.7 Å². The first kappa shape index (κ1) is 20.2. The average Bonchev–Trinajstić information content (AvgIpc) is 3.19. The lowest BCUT2D eigenvalue weighted by Gasteiger charge is -2.18. The molecule has 0 aliphatic carbocycles. The molecule has 0 saturated carbocycles. The zero-order valence-electron chi connectivity index (χ0n) is 16.9. The largest absolute Gasteiger partial charge is 0.508 e. The van der Waals surface area contributed by atoms with Crippen molar-refractivity contribution in [2.45, 2.75) is 19.4 Å². The van der Waals surface area contributed by atoms with Gasteiger partial charge in [-0.15, -0.1) is 0 Å². The minimum atomic E-state index is -0.423. The number of aromatic nitrogens is 2. The second kappa shape index (κ2) is 8.71. The molecule has 0 spiro atoms. The minimum absolute atomic E-state index is 0.0325. The van der Waals surface area contributed by atoms with Crippen molar-refractivity contribution >= 4 is 28.5 Å². The Balaban J connectivity index is 1.55. The van der Waals surface area contributed by atoms with E-state index in [-0.39, 0.29) is 17.6 Å². The molecule has 31 heavy (non-hydrogen) atoms. The maximum absolute atomic E-state index is 12.7. The smallest absolute Gasteiger partial charge is 0.319 e. The highest BCUT2D eigenvalue weighted by molar-refractivity contribution is 5.95. The standard InChI is InChI=1S/C24H22N4O3/c1-15(29)17-8-10-18(11-9-17)25-24(31)28-22(14-16-6-12-19(30)13-7-16)23-26-20-4-2-3-5-21(20)27-23/h2-13,22,30H,14H2,1H3,(H,26,27)(H2,25,28,31)/t22-/m1/s1. The fourth-order valence-corrected chi connectivity index (χ4v) is 3.34. The Morgan fingerprint density at radius 2 is 1.71 bits per heavy atom. The van der Waals surface area contributed by atoms with E-state index in [2.05, 4.69) is 20.6 Å². The number of carbonyl (C=O) groups is 2. The number of hydrogen-bond acceptors (Lipinski definition) is 4. The number of Topliss-reactive ketones (excluding diaryl/α,β-unsaturated/α-hetero) is 1. The number of nitrogens with one attached hydrogen (secondary N) is 3. The molecule has 0 bridgehead atoms. The zero-order valence-corrected chi connectivity index (χ0v) is 16.9. The van der Waals surface area contributed by atoms with E-state index >= 15 is 0 Å². The molecule has 0 radical (unpaired) electrons. The molecule has 7 heteroatoms. The number of carbonyl (C=O) groups excluding carboxylic acids is 2. The number of ketones is 1. The van der Waals surface area contributed by atoms with Crippen LogP contribution in [0.3, 0.4) is 0 Å². The zero-order chi connectivity index (χ0) is 21.8. The van der Waals surface area contributed by atoms with E-state index in [1.807, 2.05) is 36.4 Å². The summed E-state index contributed by atoms with van der Waals surface area (Å²) in [4.78, 5) is 32.0. The number of H-pyrrole nitrogens is 1. The number of amides is 2. The lowest BCUT2D eigenvalue weighted by atomic mass is 10.1. The molecule has 2 amide bonds. The monoisotopic (exact) mass is 414 g/mol. The summed E-state index contributed by atoms with van der Waals surface area (Å²) in [6.45, 7) is 1.50. The summed E-state index contributed by atoms with van der Waals surface area (Å²) in [5.41, 5.74) is 3.80. The summed E-state index contributed by atoms with van der Waals surface area (Å²) in [5, 5.41) is 15.3. The molecule has 4 aromatic rings. The van der Waals surface area contributed by atoms with Gasteiger partial charge in [0, 0.05) is 11.3 Å². The molecule has 0 unspecified atom stereocenters. The molecule has 0 aliphatic heterocycles. The van der Waals surface area contributed by atoms with Crippen molar-refractivity contribution in [1.29, 1.82) is 0 Å². The Kier molecular flexibility index (Phi) is 5.66. The summed E-state index contributed by atoms with van der Waals surface area (Å²) >= 11 is 0. The molecular formula is C24H22N4O3. The number of para-hydroxylation sites is 2. The molecule has 0 fully saturated rings. The maximum atomic E-state index is 12.7. The average molecular weight is 414 g/mol. The number of aromatic amines is 1. The van der Waals surface area contributed by atoms with Gasteiger partial charge in [-0.05, 0) is 67.4 Å². The van der Waals surface area contributed by atoms with Crippen LogP contribution in [0.1, 0.15) is 34.7 Å². The van der Waals surface area contributed by atoms with Gasteiger partial charge in [0.1, 0.15) is 11.6 Å². The van der Waals surface area contributed by atoms with Crippen LogP contribution in [0, 0.1) is 0 Å². The van der Waals surface area contributed by atoms with Crippen LogP contribution in [0.4, 0.5) is 10.5 Å². The van der Waals surface area contributed by atoms with Crippen LogP contribution in [0.5, 0.6) is 5.75 Å². The van der Waals surface area contributed by atoms with Gasteiger partial charge in [-0.25, -0.2) is 9.78 Å². The van der Waals surface area contributed by atoms with E-state index in [0.717, 1.165) is 16.6 Å². The minimum Gasteiger partial charge on any atom is -0.508 e. The number of anilines is 1. The van der Waals surface area contributed by atoms with E-state index in [1.165, 1.54) is 6.92 Å². The Hall–Kier alpha value is -4.13. The number of imidazole rings is 1. The number of aromatic hydroxyl groups is 1. The number of benzene rings is 3. The van der Waals surface area contributed by atoms with E-state index in [4.69, 9.17) is 0 Å². The predicted molar refractivity (Wildman–Crippen MR) is 119 cm³/mol.